The molecule has 0 aliphatic heterocycles. The maximum atomic E-state index is 11.8. The first-order valence-corrected chi connectivity index (χ1v) is 8.33. The predicted octanol–water partition coefficient (Wildman–Crippen LogP) is 2.27. The van der Waals surface area contributed by atoms with E-state index < -0.39 is 11.9 Å². The first-order valence-electron chi connectivity index (χ1n) is 8.33. The van der Waals surface area contributed by atoms with Crippen molar-refractivity contribution in [3.63, 3.8) is 0 Å². The van der Waals surface area contributed by atoms with Crippen LogP contribution in [0.4, 0.5) is 4.79 Å². The van der Waals surface area contributed by atoms with E-state index in [-0.39, 0.29) is 18.7 Å². The molecule has 1 aliphatic rings. The predicted molar refractivity (Wildman–Crippen MR) is 88.8 cm³/mol. The average Bonchev–Trinajstić information content (AvgIpc) is 3.10. The van der Waals surface area contributed by atoms with Crippen LogP contribution in [0.25, 0.3) is 11.5 Å². The molecule has 1 fully saturated rings. The first kappa shape index (κ1) is 16.9. The van der Waals surface area contributed by atoms with Gasteiger partial charge in [0.05, 0.1) is 0 Å². The van der Waals surface area contributed by atoms with Crippen LogP contribution >= 0.6 is 0 Å². The first-order chi connectivity index (χ1) is 12.2. The summed E-state index contributed by atoms with van der Waals surface area (Å²) in [5.41, 5.74) is 0.751. The molecule has 0 unspecified atom stereocenters. The number of imide groups is 1. The van der Waals surface area contributed by atoms with Crippen molar-refractivity contribution < 1.29 is 18.7 Å². The van der Waals surface area contributed by atoms with Crippen molar-refractivity contribution >= 4 is 11.9 Å². The molecular weight excluding hydrogens is 324 g/mol. The Morgan fingerprint density at radius 2 is 1.88 bits per heavy atom. The summed E-state index contributed by atoms with van der Waals surface area (Å²) in [6.45, 7) is -0.380. The summed E-state index contributed by atoms with van der Waals surface area (Å²) in [7, 11) is 0. The molecule has 0 saturated heterocycles. The van der Waals surface area contributed by atoms with E-state index in [2.05, 4.69) is 20.8 Å². The third-order valence-corrected chi connectivity index (χ3v) is 3.95. The van der Waals surface area contributed by atoms with Crippen molar-refractivity contribution in [2.45, 2.75) is 38.1 Å². The van der Waals surface area contributed by atoms with E-state index in [9.17, 15) is 9.59 Å². The summed E-state index contributed by atoms with van der Waals surface area (Å²) < 4.78 is 10.5. The highest BCUT2D eigenvalue weighted by atomic mass is 16.6. The van der Waals surface area contributed by atoms with Gasteiger partial charge in [0.15, 0.2) is 6.61 Å². The molecule has 1 heterocycles. The molecule has 0 atom stereocenters. The Bertz CT molecular complexity index is 710. The van der Waals surface area contributed by atoms with Crippen LogP contribution in [0.1, 0.15) is 32.1 Å². The molecule has 0 radical (unpaired) electrons. The molecule has 3 rings (SSSR count). The molecule has 8 nitrogen and oxygen atoms in total. The van der Waals surface area contributed by atoms with Crippen LogP contribution in [0.2, 0.25) is 0 Å². The van der Waals surface area contributed by atoms with Crippen molar-refractivity contribution in [2.24, 2.45) is 0 Å². The highest BCUT2D eigenvalue weighted by Crippen LogP contribution is 2.20. The van der Waals surface area contributed by atoms with E-state index in [1.165, 1.54) is 6.42 Å². The van der Waals surface area contributed by atoms with Gasteiger partial charge in [0.25, 0.3) is 11.8 Å². The molecule has 2 N–H and O–H groups in total. The van der Waals surface area contributed by atoms with Gasteiger partial charge in [-0.15, -0.1) is 5.10 Å². The smallest absolute Gasteiger partial charge is 0.415 e. The second-order valence-electron chi connectivity index (χ2n) is 5.88. The van der Waals surface area contributed by atoms with Gasteiger partial charge in [-0.25, -0.2) is 4.79 Å². The van der Waals surface area contributed by atoms with Gasteiger partial charge in [0, 0.05) is 11.6 Å². The van der Waals surface area contributed by atoms with Crippen LogP contribution in [0, 0.1) is 0 Å². The minimum absolute atomic E-state index is 0.123. The van der Waals surface area contributed by atoms with Crippen LogP contribution in [-0.2, 0) is 4.79 Å². The molecule has 132 valence electrons. The number of hydrogen-bond donors (Lipinski definition) is 2. The van der Waals surface area contributed by atoms with Crippen molar-refractivity contribution in [1.29, 1.82) is 0 Å². The molecule has 3 amide bonds. The van der Waals surface area contributed by atoms with Gasteiger partial charge >= 0.3 is 12.1 Å². The van der Waals surface area contributed by atoms with Crippen molar-refractivity contribution in [2.75, 3.05) is 6.61 Å². The van der Waals surface area contributed by atoms with Crippen LogP contribution in [0.15, 0.2) is 34.7 Å². The largest absolute Gasteiger partial charge is 0.439 e. The molecular formula is C17H20N4O4. The number of nitrogens with zero attached hydrogens (tertiary/aromatic N) is 2. The zero-order valence-corrected chi connectivity index (χ0v) is 13.7. The summed E-state index contributed by atoms with van der Waals surface area (Å²) >= 11 is 0. The van der Waals surface area contributed by atoms with Crippen molar-refractivity contribution in [3.05, 3.63) is 30.3 Å². The maximum Gasteiger partial charge on any atom is 0.415 e. The zero-order chi connectivity index (χ0) is 17.5. The van der Waals surface area contributed by atoms with E-state index in [0.717, 1.165) is 31.2 Å². The Balaban J connectivity index is 1.43. The number of carbonyl (C=O) groups excluding carboxylic acids is 2. The quantitative estimate of drug-likeness (QED) is 0.862. The number of carbonyl (C=O) groups is 2. The van der Waals surface area contributed by atoms with Gasteiger partial charge in [0.2, 0.25) is 0 Å². The second-order valence-corrected chi connectivity index (χ2v) is 5.88. The van der Waals surface area contributed by atoms with E-state index in [4.69, 9.17) is 9.15 Å². The monoisotopic (exact) mass is 344 g/mol. The van der Waals surface area contributed by atoms with Gasteiger partial charge in [-0.3, -0.25) is 10.1 Å². The molecule has 1 aliphatic carbocycles. The average molecular weight is 344 g/mol. The van der Waals surface area contributed by atoms with E-state index in [1.54, 1.807) is 0 Å². The summed E-state index contributed by atoms with van der Waals surface area (Å²) in [6.07, 6.45) is 5.17. The second kappa shape index (κ2) is 8.27. The van der Waals surface area contributed by atoms with Crippen LogP contribution in [0.5, 0.6) is 6.08 Å². The molecule has 8 heteroatoms. The minimum Gasteiger partial charge on any atom is -0.439 e. The highest BCUT2D eigenvalue weighted by Gasteiger charge is 2.17. The fourth-order valence-corrected chi connectivity index (χ4v) is 2.72. The summed E-state index contributed by atoms with van der Waals surface area (Å²) in [4.78, 5) is 23.5. The number of rotatable bonds is 5. The highest BCUT2D eigenvalue weighted by molar-refractivity contribution is 5.95. The lowest BCUT2D eigenvalue weighted by molar-refractivity contribution is -0.122. The van der Waals surface area contributed by atoms with Gasteiger partial charge in [-0.2, -0.15) is 0 Å². The molecule has 1 saturated carbocycles. The van der Waals surface area contributed by atoms with E-state index >= 15 is 0 Å². The summed E-state index contributed by atoms with van der Waals surface area (Å²) in [5.74, 6) is -0.279. The third kappa shape index (κ3) is 5.03. The lowest BCUT2D eigenvalue weighted by Gasteiger charge is -2.22. The molecule has 1 aromatic heterocycles. The Hall–Kier alpha value is -2.90. The topological polar surface area (TPSA) is 106 Å². The van der Waals surface area contributed by atoms with Gasteiger partial charge < -0.3 is 14.5 Å². The minimum atomic E-state index is -0.576. The summed E-state index contributed by atoms with van der Waals surface area (Å²) in [6, 6.07) is 8.83. The molecule has 2 aromatic rings. The van der Waals surface area contributed by atoms with Crippen molar-refractivity contribution in [1.82, 2.24) is 20.8 Å². The number of amides is 3. The fourth-order valence-electron chi connectivity index (χ4n) is 2.72. The zero-order valence-electron chi connectivity index (χ0n) is 13.7. The van der Waals surface area contributed by atoms with E-state index in [1.807, 2.05) is 30.3 Å². The number of urea groups is 1. The van der Waals surface area contributed by atoms with Gasteiger partial charge in [-0.05, 0) is 25.0 Å². The number of hydrogen-bond acceptors (Lipinski definition) is 6. The molecule has 25 heavy (non-hydrogen) atoms. The lowest BCUT2D eigenvalue weighted by atomic mass is 9.96. The lowest BCUT2D eigenvalue weighted by Crippen LogP contribution is -2.46. The normalized spacial score (nSPS) is 14.7. The SMILES string of the molecule is O=C(COc1nnc(-c2ccccc2)o1)NC(=O)NC1CCCCC1. The van der Waals surface area contributed by atoms with Gasteiger partial charge in [0.1, 0.15) is 0 Å². The Labute approximate surface area is 145 Å². The molecule has 0 spiro atoms. The van der Waals surface area contributed by atoms with Gasteiger partial charge in [-0.1, -0.05) is 42.6 Å². The Morgan fingerprint density at radius 3 is 2.64 bits per heavy atom. The van der Waals surface area contributed by atoms with E-state index in [0.29, 0.717) is 5.89 Å². The Morgan fingerprint density at radius 1 is 1.12 bits per heavy atom. The van der Waals surface area contributed by atoms with Crippen LogP contribution < -0.4 is 15.4 Å². The molecule has 1 aromatic carbocycles. The van der Waals surface area contributed by atoms with Crippen LogP contribution in [-0.4, -0.2) is 34.8 Å². The van der Waals surface area contributed by atoms with Crippen LogP contribution in [0.3, 0.4) is 0 Å². The standard InChI is InChI=1S/C17H20N4O4/c22-14(19-16(23)18-13-9-5-2-6-10-13)11-24-17-21-20-15(25-17)12-7-3-1-4-8-12/h1,3-4,7-8,13H,2,5-6,9-11H2,(H2,18,19,22,23). The summed E-state index contributed by atoms with van der Waals surface area (Å²) in [5, 5.41) is 12.6. The number of benzene rings is 1. The fraction of sp³-hybridized carbons (Fsp3) is 0.412. The number of aromatic nitrogens is 2. The maximum absolute atomic E-state index is 11.8. The molecule has 0 bridgehead atoms. The number of nitrogens with one attached hydrogen (secondary N) is 2. The Kier molecular flexibility index (Phi) is 5.61. The number of ether oxygens (including phenoxy) is 1. The van der Waals surface area contributed by atoms with Crippen molar-refractivity contribution in [3.8, 4) is 17.5 Å². The third-order valence-electron chi connectivity index (χ3n) is 3.95.